The van der Waals surface area contributed by atoms with Gasteiger partial charge in [-0.15, -0.1) is 10.2 Å². The van der Waals surface area contributed by atoms with Crippen LogP contribution >= 0.6 is 0 Å². The molecule has 0 aliphatic carbocycles. The highest BCUT2D eigenvalue weighted by Crippen LogP contribution is 2.33. The minimum absolute atomic E-state index is 0.248. The minimum Gasteiger partial charge on any atom is -0.482 e. The second kappa shape index (κ2) is 6.08. The van der Waals surface area contributed by atoms with Gasteiger partial charge >= 0.3 is 0 Å². The Morgan fingerprint density at radius 1 is 1.12 bits per heavy atom. The molecule has 128 valence electrons. The van der Waals surface area contributed by atoms with Gasteiger partial charge in [0.15, 0.2) is 23.0 Å². The van der Waals surface area contributed by atoms with Crippen molar-refractivity contribution in [1.29, 1.82) is 0 Å². The molecule has 7 nitrogen and oxygen atoms in total. The molecule has 25 heavy (non-hydrogen) atoms. The van der Waals surface area contributed by atoms with E-state index in [2.05, 4.69) is 15.5 Å². The fourth-order valence-electron chi connectivity index (χ4n) is 2.92. The molecule has 0 saturated heterocycles. The van der Waals surface area contributed by atoms with Crippen molar-refractivity contribution in [1.82, 2.24) is 19.9 Å². The number of para-hydroxylation sites is 2. The molecule has 0 spiro atoms. The molecule has 0 bridgehead atoms. The van der Waals surface area contributed by atoms with Crippen molar-refractivity contribution in [3.05, 3.63) is 54.5 Å². The quantitative estimate of drug-likeness (QED) is 0.792. The van der Waals surface area contributed by atoms with E-state index in [1.807, 2.05) is 60.8 Å². The van der Waals surface area contributed by atoms with E-state index in [1.165, 1.54) is 0 Å². The number of carbonyl (C=O) groups excluding carboxylic acids is 1. The lowest BCUT2D eigenvalue weighted by Crippen LogP contribution is -2.49. The molecule has 1 N–H and O–H groups in total. The maximum absolute atomic E-state index is 12.7. The molecule has 1 amide bonds. The number of aromatic nitrogens is 3. The molecule has 4 rings (SSSR count). The molecule has 1 aliphatic rings. The predicted octanol–water partition coefficient (Wildman–Crippen LogP) is 2.13. The summed E-state index contributed by atoms with van der Waals surface area (Å²) < 4.78 is 13.5. The topological polar surface area (TPSA) is 77.8 Å². The van der Waals surface area contributed by atoms with E-state index < -0.39 is 12.2 Å². The number of rotatable bonds is 3. The van der Waals surface area contributed by atoms with Gasteiger partial charge in [-0.2, -0.15) is 0 Å². The third kappa shape index (κ3) is 2.77. The summed E-state index contributed by atoms with van der Waals surface area (Å²) in [4.78, 5) is 12.7. The SMILES string of the molecule is C[C@H](NC(=O)[C@@H]1Oc2ccccc2O[C@@H]1C)c1nnc2ccccn12. The molecule has 0 unspecified atom stereocenters. The zero-order chi connectivity index (χ0) is 17.4. The molecule has 1 aliphatic heterocycles. The maximum Gasteiger partial charge on any atom is 0.265 e. The minimum atomic E-state index is -0.725. The molecule has 0 fully saturated rings. The summed E-state index contributed by atoms with van der Waals surface area (Å²) in [6, 6.07) is 12.7. The molecular weight excluding hydrogens is 320 g/mol. The Labute approximate surface area is 144 Å². The number of amides is 1. The molecule has 3 atom stereocenters. The molecule has 2 aromatic heterocycles. The first kappa shape index (κ1) is 15.4. The Hall–Kier alpha value is -3.09. The van der Waals surface area contributed by atoms with Crippen LogP contribution in [-0.4, -0.2) is 32.7 Å². The van der Waals surface area contributed by atoms with E-state index in [4.69, 9.17) is 9.47 Å². The van der Waals surface area contributed by atoms with Crippen molar-refractivity contribution in [2.24, 2.45) is 0 Å². The first-order valence-electron chi connectivity index (χ1n) is 8.16. The molecule has 3 aromatic rings. The number of hydrogen-bond acceptors (Lipinski definition) is 5. The van der Waals surface area contributed by atoms with Crippen LogP contribution in [0.5, 0.6) is 11.5 Å². The standard InChI is InChI=1S/C18H18N4O3/c1-11(17-21-20-15-9-5-6-10-22(15)17)19-18(23)16-12(2)24-13-7-3-4-8-14(13)25-16/h3-12,16H,1-2H3,(H,19,23)/t11-,12+,16+/m0/s1. The van der Waals surface area contributed by atoms with Crippen LogP contribution in [-0.2, 0) is 4.79 Å². The zero-order valence-electron chi connectivity index (χ0n) is 13.9. The third-order valence-corrected chi connectivity index (χ3v) is 4.19. The maximum atomic E-state index is 12.7. The van der Waals surface area contributed by atoms with Crippen molar-refractivity contribution in [2.75, 3.05) is 0 Å². The molecule has 7 heteroatoms. The highest BCUT2D eigenvalue weighted by atomic mass is 16.6. The van der Waals surface area contributed by atoms with E-state index in [0.29, 0.717) is 17.3 Å². The number of nitrogens with one attached hydrogen (secondary N) is 1. The van der Waals surface area contributed by atoms with Crippen LogP contribution in [0.3, 0.4) is 0 Å². The number of fused-ring (bicyclic) bond motifs is 2. The first-order chi connectivity index (χ1) is 12.1. The lowest BCUT2D eigenvalue weighted by Gasteiger charge is -2.31. The summed E-state index contributed by atoms with van der Waals surface area (Å²) in [6.07, 6.45) is 0.751. The van der Waals surface area contributed by atoms with E-state index >= 15 is 0 Å². The van der Waals surface area contributed by atoms with Crippen LogP contribution in [0.1, 0.15) is 25.7 Å². The second-order valence-electron chi connectivity index (χ2n) is 6.03. The second-order valence-corrected chi connectivity index (χ2v) is 6.03. The summed E-state index contributed by atoms with van der Waals surface area (Å²) in [5, 5.41) is 11.2. The van der Waals surface area contributed by atoms with Gasteiger partial charge in [-0.05, 0) is 38.1 Å². The number of benzene rings is 1. The predicted molar refractivity (Wildman–Crippen MR) is 90.5 cm³/mol. The largest absolute Gasteiger partial charge is 0.482 e. The number of carbonyl (C=O) groups is 1. The van der Waals surface area contributed by atoms with Crippen LogP contribution in [0, 0.1) is 0 Å². The number of nitrogens with zero attached hydrogens (tertiary/aromatic N) is 3. The van der Waals surface area contributed by atoms with Gasteiger partial charge in [-0.3, -0.25) is 9.20 Å². The Kier molecular flexibility index (Phi) is 3.76. The summed E-state index contributed by atoms with van der Waals surface area (Å²) in [5.74, 6) is 1.63. The molecule has 0 saturated carbocycles. The van der Waals surface area contributed by atoms with Gasteiger partial charge in [0, 0.05) is 6.20 Å². The van der Waals surface area contributed by atoms with Gasteiger partial charge in [0.2, 0.25) is 6.10 Å². The van der Waals surface area contributed by atoms with Crippen LogP contribution in [0.4, 0.5) is 0 Å². The van der Waals surface area contributed by atoms with E-state index in [-0.39, 0.29) is 11.9 Å². The Bertz CT molecular complexity index is 923. The third-order valence-electron chi connectivity index (χ3n) is 4.19. The van der Waals surface area contributed by atoms with Crippen LogP contribution in [0.15, 0.2) is 48.7 Å². The van der Waals surface area contributed by atoms with Gasteiger partial charge in [-0.25, -0.2) is 0 Å². The Morgan fingerprint density at radius 3 is 2.64 bits per heavy atom. The summed E-state index contributed by atoms with van der Waals surface area (Å²) in [6.45, 7) is 3.68. The first-order valence-corrected chi connectivity index (χ1v) is 8.16. The highest BCUT2D eigenvalue weighted by molar-refractivity contribution is 5.82. The van der Waals surface area contributed by atoms with Gasteiger partial charge in [0.05, 0.1) is 6.04 Å². The van der Waals surface area contributed by atoms with Crippen molar-refractivity contribution in [3.63, 3.8) is 0 Å². The Morgan fingerprint density at radius 2 is 1.84 bits per heavy atom. The fourth-order valence-corrected chi connectivity index (χ4v) is 2.92. The van der Waals surface area contributed by atoms with Gasteiger partial charge < -0.3 is 14.8 Å². The summed E-state index contributed by atoms with van der Waals surface area (Å²) >= 11 is 0. The highest BCUT2D eigenvalue weighted by Gasteiger charge is 2.35. The number of hydrogen-bond donors (Lipinski definition) is 1. The number of ether oxygens (including phenoxy) is 2. The molecular formula is C18H18N4O3. The van der Waals surface area contributed by atoms with Crippen LogP contribution in [0.2, 0.25) is 0 Å². The zero-order valence-corrected chi connectivity index (χ0v) is 13.9. The molecule has 0 radical (unpaired) electrons. The molecule has 3 heterocycles. The summed E-state index contributed by atoms with van der Waals surface area (Å²) in [5.41, 5.74) is 0.734. The van der Waals surface area contributed by atoms with E-state index in [0.717, 1.165) is 5.65 Å². The van der Waals surface area contributed by atoms with E-state index in [1.54, 1.807) is 6.07 Å². The fraction of sp³-hybridized carbons (Fsp3) is 0.278. The Balaban J connectivity index is 1.52. The van der Waals surface area contributed by atoms with E-state index in [9.17, 15) is 4.79 Å². The number of pyridine rings is 1. The summed E-state index contributed by atoms with van der Waals surface area (Å²) in [7, 11) is 0. The van der Waals surface area contributed by atoms with Crippen molar-refractivity contribution >= 4 is 11.6 Å². The van der Waals surface area contributed by atoms with Crippen LogP contribution in [0.25, 0.3) is 5.65 Å². The van der Waals surface area contributed by atoms with Gasteiger partial charge in [0.1, 0.15) is 6.10 Å². The average molecular weight is 338 g/mol. The lowest BCUT2D eigenvalue weighted by molar-refractivity contribution is -0.134. The van der Waals surface area contributed by atoms with Crippen molar-refractivity contribution in [2.45, 2.75) is 32.1 Å². The smallest absolute Gasteiger partial charge is 0.265 e. The monoisotopic (exact) mass is 338 g/mol. The van der Waals surface area contributed by atoms with Crippen LogP contribution < -0.4 is 14.8 Å². The lowest BCUT2D eigenvalue weighted by atomic mass is 10.1. The van der Waals surface area contributed by atoms with Crippen molar-refractivity contribution in [3.8, 4) is 11.5 Å². The van der Waals surface area contributed by atoms with Gasteiger partial charge in [-0.1, -0.05) is 18.2 Å². The van der Waals surface area contributed by atoms with Crippen molar-refractivity contribution < 1.29 is 14.3 Å². The normalized spacial score (nSPS) is 20.2. The molecule has 1 aromatic carbocycles. The average Bonchev–Trinajstić information content (AvgIpc) is 3.05. The van der Waals surface area contributed by atoms with Gasteiger partial charge in [0.25, 0.3) is 5.91 Å².